The normalized spacial score (nSPS) is 11.1. The third kappa shape index (κ3) is 5.24. The van der Waals surface area contributed by atoms with Gasteiger partial charge in [-0.3, -0.25) is 0 Å². The van der Waals surface area contributed by atoms with Crippen molar-refractivity contribution in [3.63, 3.8) is 0 Å². The molecule has 0 fully saturated rings. The molecule has 0 bridgehead atoms. The van der Waals surface area contributed by atoms with E-state index in [9.17, 15) is 0 Å². The minimum atomic E-state index is 1.20. The van der Waals surface area contributed by atoms with Gasteiger partial charge < -0.3 is 0 Å². The second-order valence-electron chi connectivity index (χ2n) is 5.41. The molecular formula is C16H31N2+. The number of aryl methyl sites for hydroxylation is 2. The number of imidazole rings is 1. The molecule has 0 aromatic carbocycles. The topological polar surface area (TPSA) is 19.7 Å². The van der Waals surface area contributed by atoms with Crippen molar-refractivity contribution in [1.29, 1.82) is 0 Å². The lowest BCUT2D eigenvalue weighted by Gasteiger charge is -2.00. The van der Waals surface area contributed by atoms with Gasteiger partial charge in [-0.25, -0.2) is 9.55 Å². The van der Waals surface area contributed by atoms with Crippen molar-refractivity contribution in [2.45, 2.75) is 78.1 Å². The first-order valence-corrected chi connectivity index (χ1v) is 7.84. The average molecular weight is 251 g/mol. The summed E-state index contributed by atoms with van der Waals surface area (Å²) in [4.78, 5) is 3.45. The SMILES string of the molecule is CCCCCCc1c[nH]c(CCCCCC)[n+]1C. The first-order chi connectivity index (χ1) is 8.79. The van der Waals surface area contributed by atoms with Gasteiger partial charge in [0, 0.05) is 12.8 Å². The molecule has 0 unspecified atom stereocenters. The van der Waals surface area contributed by atoms with E-state index in [1.165, 1.54) is 75.7 Å². The number of unbranched alkanes of at least 4 members (excludes halogenated alkanes) is 6. The first kappa shape index (κ1) is 15.3. The fourth-order valence-electron chi connectivity index (χ4n) is 2.47. The van der Waals surface area contributed by atoms with Gasteiger partial charge >= 0.3 is 0 Å². The first-order valence-electron chi connectivity index (χ1n) is 7.84. The standard InChI is InChI=1S/C16H30N2/c1-4-6-8-10-12-15-14-17-16(18(15)3)13-11-9-7-5-2/h14H,4-13H2,1-3H3/p+1. The Morgan fingerprint density at radius 3 is 2.11 bits per heavy atom. The van der Waals surface area contributed by atoms with Gasteiger partial charge in [0.25, 0.3) is 5.82 Å². The molecule has 18 heavy (non-hydrogen) atoms. The maximum atomic E-state index is 3.45. The molecule has 1 rings (SSSR count). The molecule has 104 valence electrons. The van der Waals surface area contributed by atoms with E-state index in [4.69, 9.17) is 0 Å². The lowest BCUT2D eigenvalue weighted by molar-refractivity contribution is -0.685. The number of nitrogens with one attached hydrogen (secondary N) is 1. The van der Waals surface area contributed by atoms with Crippen LogP contribution in [0.5, 0.6) is 0 Å². The van der Waals surface area contributed by atoms with Crippen molar-refractivity contribution in [2.75, 3.05) is 0 Å². The van der Waals surface area contributed by atoms with Crippen LogP contribution in [0.1, 0.15) is 76.7 Å². The molecule has 0 atom stereocenters. The molecule has 1 heterocycles. The van der Waals surface area contributed by atoms with Gasteiger partial charge in [-0.05, 0) is 12.8 Å². The largest absolute Gasteiger partial charge is 0.254 e. The molecular weight excluding hydrogens is 220 g/mol. The Bertz CT molecular complexity index is 285. The van der Waals surface area contributed by atoms with Gasteiger partial charge in [-0.2, -0.15) is 0 Å². The predicted octanol–water partition coefficient (Wildman–Crippen LogP) is 4.08. The Labute approximate surface area is 113 Å². The van der Waals surface area contributed by atoms with E-state index < -0.39 is 0 Å². The number of nitrogens with zero attached hydrogens (tertiary/aromatic N) is 1. The van der Waals surface area contributed by atoms with Crippen molar-refractivity contribution in [3.05, 3.63) is 17.7 Å². The molecule has 0 amide bonds. The highest BCUT2D eigenvalue weighted by Crippen LogP contribution is 2.07. The van der Waals surface area contributed by atoms with Crippen LogP contribution in [0.25, 0.3) is 0 Å². The summed E-state index contributed by atoms with van der Waals surface area (Å²) < 4.78 is 2.37. The van der Waals surface area contributed by atoms with Crippen molar-refractivity contribution >= 4 is 0 Å². The average Bonchev–Trinajstić information content (AvgIpc) is 2.72. The summed E-state index contributed by atoms with van der Waals surface area (Å²) in [5, 5.41) is 0. The molecule has 0 aliphatic heterocycles. The third-order valence-corrected chi connectivity index (χ3v) is 3.79. The highest BCUT2D eigenvalue weighted by molar-refractivity contribution is 4.91. The van der Waals surface area contributed by atoms with Crippen LogP contribution in [0.4, 0.5) is 0 Å². The summed E-state index contributed by atoms with van der Waals surface area (Å²) >= 11 is 0. The molecule has 1 N–H and O–H groups in total. The van der Waals surface area contributed by atoms with Crippen molar-refractivity contribution < 1.29 is 4.57 Å². The Kier molecular flexibility index (Phi) is 7.79. The number of H-pyrrole nitrogens is 1. The predicted molar refractivity (Wildman–Crippen MR) is 77.7 cm³/mol. The van der Waals surface area contributed by atoms with Crippen molar-refractivity contribution in [2.24, 2.45) is 7.05 Å². The van der Waals surface area contributed by atoms with Crippen molar-refractivity contribution in [3.8, 4) is 0 Å². The monoisotopic (exact) mass is 251 g/mol. The summed E-state index contributed by atoms with van der Waals surface area (Å²) in [7, 11) is 2.21. The zero-order valence-corrected chi connectivity index (χ0v) is 12.6. The highest BCUT2D eigenvalue weighted by atomic mass is 15.1. The number of hydrogen-bond donors (Lipinski definition) is 1. The molecule has 2 heteroatoms. The fraction of sp³-hybridized carbons (Fsp3) is 0.812. The van der Waals surface area contributed by atoms with E-state index in [-0.39, 0.29) is 0 Å². The highest BCUT2D eigenvalue weighted by Gasteiger charge is 2.12. The summed E-state index contributed by atoms with van der Waals surface area (Å²) in [5.74, 6) is 1.40. The number of rotatable bonds is 10. The van der Waals surface area contributed by atoms with Gasteiger partial charge in [0.2, 0.25) is 0 Å². The number of hydrogen-bond acceptors (Lipinski definition) is 0. The van der Waals surface area contributed by atoms with Gasteiger partial charge in [-0.15, -0.1) is 0 Å². The quantitative estimate of drug-likeness (QED) is 0.477. The minimum absolute atomic E-state index is 1.20. The summed E-state index contributed by atoms with van der Waals surface area (Å²) in [6, 6.07) is 0. The van der Waals surface area contributed by atoms with E-state index >= 15 is 0 Å². The molecule has 0 saturated carbocycles. The molecule has 2 nitrogen and oxygen atoms in total. The third-order valence-electron chi connectivity index (χ3n) is 3.79. The summed E-state index contributed by atoms with van der Waals surface area (Å²) in [5.41, 5.74) is 1.47. The Morgan fingerprint density at radius 2 is 1.50 bits per heavy atom. The van der Waals surface area contributed by atoms with Gasteiger partial charge in [0.15, 0.2) is 0 Å². The summed E-state index contributed by atoms with van der Waals surface area (Å²) in [6.45, 7) is 4.54. The van der Waals surface area contributed by atoms with E-state index in [2.05, 4.69) is 36.6 Å². The molecule has 0 spiro atoms. The lowest BCUT2D eigenvalue weighted by atomic mass is 10.1. The second kappa shape index (κ2) is 9.18. The molecule has 0 saturated heterocycles. The molecule has 0 aliphatic rings. The Hall–Kier alpha value is -0.790. The molecule has 0 aliphatic carbocycles. The molecule has 0 radical (unpaired) electrons. The zero-order valence-electron chi connectivity index (χ0n) is 12.6. The maximum Gasteiger partial charge on any atom is 0.254 e. The van der Waals surface area contributed by atoms with Crippen LogP contribution in [0.15, 0.2) is 6.20 Å². The van der Waals surface area contributed by atoms with Gasteiger partial charge in [0.05, 0.1) is 7.05 Å². The van der Waals surface area contributed by atoms with Crippen LogP contribution in [-0.2, 0) is 19.9 Å². The van der Waals surface area contributed by atoms with Gasteiger partial charge in [0.1, 0.15) is 11.9 Å². The lowest BCUT2D eigenvalue weighted by Crippen LogP contribution is -2.35. The fourth-order valence-corrected chi connectivity index (χ4v) is 2.47. The smallest absolute Gasteiger partial charge is 0.247 e. The Balaban J connectivity index is 2.30. The van der Waals surface area contributed by atoms with Crippen LogP contribution >= 0.6 is 0 Å². The minimum Gasteiger partial charge on any atom is -0.247 e. The van der Waals surface area contributed by atoms with Gasteiger partial charge in [-0.1, -0.05) is 52.4 Å². The van der Waals surface area contributed by atoms with Crippen LogP contribution < -0.4 is 4.57 Å². The van der Waals surface area contributed by atoms with Crippen LogP contribution in [0.2, 0.25) is 0 Å². The number of aromatic amines is 1. The van der Waals surface area contributed by atoms with E-state index in [1.807, 2.05) is 0 Å². The molecule has 1 aromatic heterocycles. The van der Waals surface area contributed by atoms with E-state index in [0.29, 0.717) is 0 Å². The van der Waals surface area contributed by atoms with Crippen LogP contribution in [0, 0.1) is 0 Å². The maximum absolute atomic E-state index is 3.45. The Morgan fingerprint density at radius 1 is 0.889 bits per heavy atom. The van der Waals surface area contributed by atoms with Crippen LogP contribution in [0.3, 0.4) is 0 Å². The van der Waals surface area contributed by atoms with Crippen LogP contribution in [-0.4, -0.2) is 4.98 Å². The van der Waals surface area contributed by atoms with Crippen molar-refractivity contribution in [1.82, 2.24) is 4.98 Å². The molecule has 1 aromatic rings. The van der Waals surface area contributed by atoms with E-state index in [1.54, 1.807) is 0 Å². The summed E-state index contributed by atoms with van der Waals surface area (Å²) in [6.07, 6.45) is 15.4. The second-order valence-corrected chi connectivity index (χ2v) is 5.41. The zero-order chi connectivity index (χ0) is 13.2. The number of aromatic nitrogens is 2. The van der Waals surface area contributed by atoms with E-state index in [0.717, 1.165) is 0 Å².